The monoisotopic (exact) mass is 359 g/mol. The molecule has 0 bridgehead atoms. The Morgan fingerprint density at radius 3 is 1.26 bits per heavy atom. The molecule has 6 heteroatoms. The molecule has 0 atom stereocenters. The van der Waals surface area contributed by atoms with Gasteiger partial charge in [-0.1, -0.05) is 96.8 Å². The van der Waals surface area contributed by atoms with Crippen molar-refractivity contribution in [1.29, 1.82) is 0 Å². The van der Waals surface area contributed by atoms with Gasteiger partial charge in [-0.15, -0.1) is 0 Å². The maximum Gasteiger partial charge on any atom is 0.397 e. The van der Waals surface area contributed by atoms with Crippen molar-refractivity contribution in [3.05, 3.63) is 0 Å². The minimum atomic E-state index is -4.24. The van der Waals surface area contributed by atoms with Crippen molar-refractivity contribution >= 4 is 40.0 Å². The van der Waals surface area contributed by atoms with Gasteiger partial charge in [-0.25, -0.2) is 4.18 Å². The first-order valence-electron chi connectivity index (χ1n) is 9.18. The topological polar surface area (TPSA) is 63.6 Å². The van der Waals surface area contributed by atoms with E-state index in [1.807, 2.05) is 0 Å². The van der Waals surface area contributed by atoms with Crippen molar-refractivity contribution in [3.8, 4) is 0 Å². The Morgan fingerprint density at radius 1 is 0.652 bits per heavy atom. The molecule has 0 rings (SSSR count). The van der Waals surface area contributed by atoms with E-state index in [9.17, 15) is 8.42 Å². The van der Waals surface area contributed by atoms with E-state index in [-0.39, 0.29) is 36.2 Å². The Kier molecular flexibility index (Phi) is 21.8. The van der Waals surface area contributed by atoms with Crippen LogP contribution in [-0.4, -0.2) is 49.1 Å². The summed E-state index contributed by atoms with van der Waals surface area (Å²) in [6.07, 6.45) is 19.0. The van der Waals surface area contributed by atoms with E-state index >= 15 is 0 Å². The Labute approximate surface area is 166 Å². The van der Waals surface area contributed by atoms with E-state index in [1.54, 1.807) is 0 Å². The summed E-state index contributed by atoms with van der Waals surface area (Å²) in [6, 6.07) is 0. The summed E-state index contributed by atoms with van der Waals surface area (Å²) < 4.78 is 33.3. The van der Waals surface area contributed by atoms with E-state index in [0.29, 0.717) is 6.42 Å². The van der Waals surface area contributed by atoms with E-state index in [4.69, 9.17) is 4.55 Å². The molecular formula is C17H36NaO4S. The zero-order valence-corrected chi connectivity index (χ0v) is 18.2. The molecule has 0 saturated heterocycles. The number of hydrogen-bond acceptors (Lipinski definition) is 3. The fourth-order valence-corrected chi connectivity index (χ4v) is 2.97. The molecular weight excluding hydrogens is 323 g/mol. The molecule has 0 aromatic rings. The summed E-state index contributed by atoms with van der Waals surface area (Å²) in [5.41, 5.74) is 0. The van der Waals surface area contributed by atoms with Gasteiger partial charge < -0.3 is 0 Å². The van der Waals surface area contributed by atoms with Crippen molar-refractivity contribution < 1.29 is 17.2 Å². The Morgan fingerprint density at radius 2 is 0.957 bits per heavy atom. The third kappa shape index (κ3) is 25.2. The van der Waals surface area contributed by atoms with Crippen LogP contribution in [-0.2, 0) is 14.6 Å². The van der Waals surface area contributed by atoms with Crippen LogP contribution in [0.25, 0.3) is 0 Å². The quantitative estimate of drug-likeness (QED) is 0.217. The van der Waals surface area contributed by atoms with E-state index in [0.717, 1.165) is 12.8 Å². The number of hydrogen-bond donors (Lipinski definition) is 1. The van der Waals surface area contributed by atoms with Crippen LogP contribution in [0.15, 0.2) is 0 Å². The smallest absolute Gasteiger partial charge is 0.264 e. The number of rotatable bonds is 17. The van der Waals surface area contributed by atoms with Crippen LogP contribution in [0.3, 0.4) is 0 Å². The molecule has 0 aromatic heterocycles. The second kappa shape index (κ2) is 19.2. The first-order valence-corrected chi connectivity index (χ1v) is 10.5. The molecule has 0 aliphatic rings. The molecule has 1 N–H and O–H groups in total. The van der Waals surface area contributed by atoms with Crippen LogP contribution in [0.4, 0.5) is 0 Å². The average molecular weight is 360 g/mol. The van der Waals surface area contributed by atoms with Gasteiger partial charge in [-0.05, 0) is 6.42 Å². The maximum atomic E-state index is 10.3. The molecule has 0 aromatic carbocycles. The Balaban J connectivity index is 0. The van der Waals surface area contributed by atoms with E-state index in [1.165, 1.54) is 77.0 Å². The fraction of sp³-hybridized carbons (Fsp3) is 1.00. The van der Waals surface area contributed by atoms with Crippen molar-refractivity contribution in [1.82, 2.24) is 0 Å². The number of unbranched alkanes of at least 4 members (excludes halogenated alkanes) is 14. The van der Waals surface area contributed by atoms with Gasteiger partial charge in [0.25, 0.3) is 0 Å². The van der Waals surface area contributed by atoms with Gasteiger partial charge in [0.1, 0.15) is 0 Å². The van der Waals surface area contributed by atoms with Crippen molar-refractivity contribution in [2.24, 2.45) is 0 Å². The normalized spacial score (nSPS) is 11.4. The summed E-state index contributed by atoms with van der Waals surface area (Å²) in [5.74, 6) is 0. The minimum absolute atomic E-state index is 0. The molecule has 0 aliphatic carbocycles. The second-order valence-corrected chi connectivity index (χ2v) is 7.29. The van der Waals surface area contributed by atoms with Gasteiger partial charge in [0, 0.05) is 29.6 Å². The molecule has 4 nitrogen and oxygen atoms in total. The third-order valence-corrected chi connectivity index (χ3v) is 4.44. The zero-order valence-electron chi connectivity index (χ0n) is 15.4. The second-order valence-electron chi connectivity index (χ2n) is 6.20. The van der Waals surface area contributed by atoms with Gasteiger partial charge in [0.2, 0.25) is 0 Å². The van der Waals surface area contributed by atoms with Gasteiger partial charge in [0.15, 0.2) is 0 Å². The van der Waals surface area contributed by atoms with Gasteiger partial charge in [-0.2, -0.15) is 8.42 Å². The SMILES string of the molecule is CCCCCCCCCCCCCCCCCOS(=O)(=O)O.[Na]. The van der Waals surface area contributed by atoms with E-state index < -0.39 is 10.4 Å². The summed E-state index contributed by atoms with van der Waals surface area (Å²) in [7, 11) is -4.24. The molecule has 23 heavy (non-hydrogen) atoms. The van der Waals surface area contributed by atoms with Crippen LogP contribution >= 0.6 is 0 Å². The first kappa shape index (κ1) is 26.1. The van der Waals surface area contributed by atoms with Gasteiger partial charge >= 0.3 is 10.4 Å². The van der Waals surface area contributed by atoms with E-state index in [2.05, 4.69) is 11.1 Å². The third-order valence-electron chi connectivity index (χ3n) is 3.98. The molecule has 0 spiro atoms. The molecule has 0 aliphatic heterocycles. The molecule has 1 radical (unpaired) electrons. The Hall–Kier alpha value is 0.870. The van der Waals surface area contributed by atoms with Crippen molar-refractivity contribution in [2.75, 3.05) is 6.61 Å². The zero-order chi connectivity index (χ0) is 16.5. The molecule has 135 valence electrons. The molecule has 0 saturated carbocycles. The molecule has 0 unspecified atom stereocenters. The predicted octanol–water partition coefficient (Wildman–Crippen LogP) is 5.30. The van der Waals surface area contributed by atoms with Gasteiger partial charge in [0.05, 0.1) is 6.61 Å². The van der Waals surface area contributed by atoms with Crippen molar-refractivity contribution in [2.45, 2.75) is 103 Å². The van der Waals surface area contributed by atoms with Crippen LogP contribution in [0.5, 0.6) is 0 Å². The standard InChI is InChI=1S/C17H36O4S.Na/c1-2-3-4-5-6-7-8-9-10-11-12-13-14-15-16-17-21-22(18,19)20;/h2-17H2,1H3,(H,18,19,20);. The predicted molar refractivity (Wildman–Crippen MR) is 98.2 cm³/mol. The maximum absolute atomic E-state index is 10.3. The average Bonchev–Trinajstić information content (AvgIpc) is 2.45. The first-order chi connectivity index (χ1) is 10.6. The van der Waals surface area contributed by atoms with Crippen LogP contribution in [0, 0.1) is 0 Å². The molecule has 0 amide bonds. The van der Waals surface area contributed by atoms with Crippen LogP contribution in [0.2, 0.25) is 0 Å². The fourth-order valence-electron chi connectivity index (χ4n) is 2.64. The summed E-state index contributed by atoms with van der Waals surface area (Å²) >= 11 is 0. The summed E-state index contributed by atoms with van der Waals surface area (Å²) in [6.45, 7) is 2.35. The largest absolute Gasteiger partial charge is 0.397 e. The minimum Gasteiger partial charge on any atom is -0.264 e. The van der Waals surface area contributed by atoms with Crippen LogP contribution in [0.1, 0.15) is 103 Å². The molecule has 0 heterocycles. The summed E-state index contributed by atoms with van der Waals surface area (Å²) in [4.78, 5) is 0. The van der Waals surface area contributed by atoms with Gasteiger partial charge in [-0.3, -0.25) is 4.55 Å². The molecule has 0 fully saturated rings. The van der Waals surface area contributed by atoms with Crippen LogP contribution < -0.4 is 0 Å². The summed E-state index contributed by atoms with van der Waals surface area (Å²) in [5, 5.41) is 0. The van der Waals surface area contributed by atoms with Crippen molar-refractivity contribution in [3.63, 3.8) is 0 Å². The Bertz CT molecular complexity index is 321.